The van der Waals surface area contributed by atoms with Crippen molar-refractivity contribution in [2.24, 2.45) is 7.05 Å². The zero-order valence-electron chi connectivity index (χ0n) is 17.3. The molecule has 0 aliphatic rings. The minimum atomic E-state index is -3.52. The number of nitrogens with zero attached hydrogens (tertiary/aromatic N) is 3. The van der Waals surface area contributed by atoms with Crippen LogP contribution in [-0.4, -0.2) is 59.3 Å². The lowest BCUT2D eigenvalue weighted by molar-refractivity contribution is 0.0733. The molecule has 1 aromatic heterocycles. The first-order chi connectivity index (χ1) is 14.3. The van der Waals surface area contributed by atoms with Crippen LogP contribution in [0.1, 0.15) is 24.2 Å². The summed E-state index contributed by atoms with van der Waals surface area (Å²) in [5.74, 6) is 0.286. The molecule has 1 heterocycles. The van der Waals surface area contributed by atoms with Gasteiger partial charge >= 0.3 is 0 Å². The summed E-state index contributed by atoms with van der Waals surface area (Å²) in [6, 6.07) is 12.7. The van der Waals surface area contributed by atoms with E-state index in [0.717, 1.165) is 5.56 Å². The van der Waals surface area contributed by atoms with Crippen LogP contribution >= 0.6 is 0 Å². The van der Waals surface area contributed by atoms with Crippen LogP contribution in [0.3, 0.4) is 0 Å². The number of benzene rings is 2. The van der Waals surface area contributed by atoms with E-state index in [4.69, 9.17) is 0 Å². The number of aryl methyl sites for hydroxylation is 1. The Hall–Kier alpha value is -2.91. The minimum Gasteiger partial charge on any atom is -0.395 e. The number of nitrogens with one attached hydrogen (secondary N) is 1. The van der Waals surface area contributed by atoms with Crippen molar-refractivity contribution in [3.63, 3.8) is 0 Å². The molecular weight excluding hydrogens is 404 g/mol. The van der Waals surface area contributed by atoms with Crippen LogP contribution < -0.4 is 4.72 Å². The summed E-state index contributed by atoms with van der Waals surface area (Å²) in [7, 11) is -1.70. The summed E-state index contributed by atoms with van der Waals surface area (Å²) in [6.07, 6.45) is 0. The normalized spacial score (nSPS) is 11.6. The number of anilines is 1. The van der Waals surface area contributed by atoms with E-state index >= 15 is 0 Å². The van der Waals surface area contributed by atoms with Gasteiger partial charge in [-0.25, -0.2) is 13.4 Å². The summed E-state index contributed by atoms with van der Waals surface area (Å²) in [5.41, 5.74) is 2.61. The first-order valence-electron chi connectivity index (χ1n) is 9.77. The average molecular weight is 431 g/mol. The fourth-order valence-corrected chi connectivity index (χ4v) is 3.99. The Morgan fingerprint density at radius 2 is 1.90 bits per heavy atom. The molecule has 0 aliphatic carbocycles. The third-order valence-electron chi connectivity index (χ3n) is 4.92. The van der Waals surface area contributed by atoms with E-state index < -0.39 is 10.0 Å². The van der Waals surface area contributed by atoms with E-state index in [1.165, 1.54) is 11.0 Å². The fourth-order valence-electron chi connectivity index (χ4n) is 3.37. The molecule has 0 unspecified atom stereocenters. The van der Waals surface area contributed by atoms with Crippen molar-refractivity contribution < 1.29 is 18.3 Å². The number of likely N-dealkylation sites (N-methyl/N-ethyl adjacent to an activating group) is 1. The lowest BCUT2D eigenvalue weighted by Gasteiger charge is -2.21. The Balaban J connectivity index is 2.24. The number of aromatic nitrogens is 2. The second-order valence-electron chi connectivity index (χ2n) is 6.87. The van der Waals surface area contributed by atoms with Crippen LogP contribution in [0, 0.1) is 0 Å². The predicted molar refractivity (Wildman–Crippen MR) is 118 cm³/mol. The van der Waals surface area contributed by atoms with Gasteiger partial charge in [-0.3, -0.25) is 9.52 Å². The number of hydrogen-bond acceptors (Lipinski definition) is 5. The minimum absolute atomic E-state index is 0.0859. The Morgan fingerprint density at radius 1 is 1.20 bits per heavy atom. The van der Waals surface area contributed by atoms with Crippen molar-refractivity contribution in [2.75, 3.05) is 30.2 Å². The van der Waals surface area contributed by atoms with Gasteiger partial charge in [-0.2, -0.15) is 0 Å². The fraction of sp³-hybridized carbons (Fsp3) is 0.333. The van der Waals surface area contributed by atoms with Crippen molar-refractivity contribution in [3.8, 4) is 11.4 Å². The Labute approximate surface area is 176 Å². The third kappa shape index (κ3) is 4.31. The number of fused-ring (bicyclic) bond motifs is 1. The molecule has 0 saturated heterocycles. The molecule has 0 saturated carbocycles. The van der Waals surface area contributed by atoms with E-state index in [9.17, 15) is 18.3 Å². The van der Waals surface area contributed by atoms with E-state index in [2.05, 4.69) is 9.71 Å². The smallest absolute Gasteiger partial charge is 0.256 e. The van der Waals surface area contributed by atoms with Gasteiger partial charge in [-0.05, 0) is 26.0 Å². The average Bonchev–Trinajstić information content (AvgIpc) is 3.07. The monoisotopic (exact) mass is 430 g/mol. The summed E-state index contributed by atoms with van der Waals surface area (Å²) < 4.78 is 28.6. The zero-order chi connectivity index (χ0) is 21.9. The summed E-state index contributed by atoms with van der Waals surface area (Å²) in [6.45, 7) is 3.81. The molecule has 0 bridgehead atoms. The van der Waals surface area contributed by atoms with Gasteiger partial charge in [0.1, 0.15) is 5.82 Å². The first-order valence-corrected chi connectivity index (χ1v) is 11.4. The number of aliphatic hydroxyl groups is 1. The van der Waals surface area contributed by atoms with Gasteiger partial charge in [0.05, 0.1) is 34.6 Å². The molecule has 2 N–H and O–H groups in total. The first kappa shape index (κ1) is 21.8. The lowest BCUT2D eigenvalue weighted by Crippen LogP contribution is -2.33. The quantitative estimate of drug-likeness (QED) is 0.571. The largest absolute Gasteiger partial charge is 0.395 e. The number of sulfonamides is 1. The Kier molecular flexibility index (Phi) is 6.42. The van der Waals surface area contributed by atoms with Crippen molar-refractivity contribution in [1.29, 1.82) is 0 Å². The zero-order valence-corrected chi connectivity index (χ0v) is 18.1. The standard InChI is InChI=1S/C21H26N4O4S/c1-4-25(11-12-26)21(27)17-13-16(23-30(28,29)5-2)14-18-19(17)24(3)20(22-18)15-9-7-6-8-10-15/h6-10,13-14,23,26H,4-5,11-12H2,1-3H3. The van der Waals surface area contributed by atoms with E-state index in [1.54, 1.807) is 13.0 Å². The molecule has 30 heavy (non-hydrogen) atoms. The van der Waals surface area contributed by atoms with Gasteiger partial charge in [0, 0.05) is 25.7 Å². The molecule has 8 nitrogen and oxygen atoms in total. The molecule has 9 heteroatoms. The van der Waals surface area contributed by atoms with Crippen molar-refractivity contribution in [3.05, 3.63) is 48.0 Å². The maximum atomic E-state index is 13.3. The molecule has 0 aliphatic heterocycles. The topological polar surface area (TPSA) is 105 Å². The number of carbonyl (C=O) groups excluding carboxylic acids is 1. The maximum Gasteiger partial charge on any atom is 0.256 e. The Morgan fingerprint density at radius 3 is 2.50 bits per heavy atom. The van der Waals surface area contributed by atoms with Crippen molar-refractivity contribution in [1.82, 2.24) is 14.5 Å². The van der Waals surface area contributed by atoms with Crippen LogP contribution in [-0.2, 0) is 17.1 Å². The second-order valence-corrected chi connectivity index (χ2v) is 8.88. The van der Waals surface area contributed by atoms with Gasteiger partial charge in [-0.15, -0.1) is 0 Å². The Bertz CT molecular complexity index is 1160. The van der Waals surface area contributed by atoms with E-state index in [1.807, 2.05) is 48.9 Å². The summed E-state index contributed by atoms with van der Waals surface area (Å²) in [5, 5.41) is 9.32. The number of hydrogen-bond donors (Lipinski definition) is 2. The van der Waals surface area contributed by atoms with Gasteiger partial charge < -0.3 is 14.6 Å². The van der Waals surface area contributed by atoms with Crippen LogP contribution in [0.4, 0.5) is 5.69 Å². The molecule has 3 rings (SSSR count). The van der Waals surface area contributed by atoms with Gasteiger partial charge in [0.2, 0.25) is 10.0 Å². The molecule has 2 aromatic carbocycles. The van der Waals surface area contributed by atoms with Gasteiger partial charge in [-0.1, -0.05) is 30.3 Å². The van der Waals surface area contributed by atoms with Crippen LogP contribution in [0.5, 0.6) is 0 Å². The molecule has 0 atom stereocenters. The predicted octanol–water partition coefficient (Wildman–Crippen LogP) is 2.46. The van der Waals surface area contributed by atoms with Crippen LogP contribution in [0.15, 0.2) is 42.5 Å². The highest BCUT2D eigenvalue weighted by molar-refractivity contribution is 7.92. The maximum absolute atomic E-state index is 13.3. The van der Waals surface area contributed by atoms with E-state index in [0.29, 0.717) is 29.0 Å². The van der Waals surface area contributed by atoms with Crippen LogP contribution in [0.25, 0.3) is 22.4 Å². The second kappa shape index (κ2) is 8.85. The van der Waals surface area contributed by atoms with Gasteiger partial charge in [0.15, 0.2) is 0 Å². The highest BCUT2D eigenvalue weighted by Crippen LogP contribution is 2.30. The lowest BCUT2D eigenvalue weighted by atomic mass is 10.1. The molecule has 160 valence electrons. The third-order valence-corrected chi connectivity index (χ3v) is 6.23. The van der Waals surface area contributed by atoms with E-state index in [-0.39, 0.29) is 30.5 Å². The number of imidazole rings is 1. The number of amides is 1. The molecule has 1 amide bonds. The van der Waals surface area contributed by atoms with Crippen molar-refractivity contribution >= 4 is 32.7 Å². The molecule has 0 spiro atoms. The molecular formula is C21H26N4O4S. The highest BCUT2D eigenvalue weighted by Gasteiger charge is 2.23. The molecule has 0 radical (unpaired) electrons. The molecule has 3 aromatic rings. The number of carbonyl (C=O) groups is 1. The van der Waals surface area contributed by atoms with Crippen molar-refractivity contribution in [2.45, 2.75) is 13.8 Å². The van der Waals surface area contributed by atoms with Crippen LogP contribution in [0.2, 0.25) is 0 Å². The summed E-state index contributed by atoms with van der Waals surface area (Å²) in [4.78, 5) is 19.5. The molecule has 0 fully saturated rings. The number of rotatable bonds is 8. The highest BCUT2D eigenvalue weighted by atomic mass is 32.2. The summed E-state index contributed by atoms with van der Waals surface area (Å²) >= 11 is 0. The number of aliphatic hydroxyl groups excluding tert-OH is 1. The SMILES string of the molecule is CCN(CCO)C(=O)c1cc(NS(=O)(=O)CC)cc2nc(-c3ccccc3)n(C)c12. The van der Waals surface area contributed by atoms with Gasteiger partial charge in [0.25, 0.3) is 5.91 Å².